The van der Waals surface area contributed by atoms with Gasteiger partial charge in [-0.05, 0) is 26.0 Å². The van der Waals surface area contributed by atoms with Gasteiger partial charge in [-0.15, -0.1) is 0 Å². The number of benzene rings is 1. The Kier molecular flexibility index (Phi) is 4.93. The molecule has 100 valence electrons. The Morgan fingerprint density at radius 1 is 1.33 bits per heavy atom. The van der Waals surface area contributed by atoms with Gasteiger partial charge in [-0.1, -0.05) is 12.2 Å². The molecular weight excluding hydrogens is 250 g/mol. The number of rotatable bonds is 6. The highest BCUT2D eigenvalue weighted by Crippen LogP contribution is 2.23. The number of ether oxygens (including phenoxy) is 2. The first-order chi connectivity index (χ1) is 8.31. The first-order valence-electron chi connectivity index (χ1n) is 5.66. The van der Waals surface area contributed by atoms with Gasteiger partial charge in [0.2, 0.25) is 0 Å². The second-order valence-electron chi connectivity index (χ2n) is 4.67. The van der Waals surface area contributed by atoms with Crippen molar-refractivity contribution in [2.75, 3.05) is 13.7 Å². The zero-order valence-electron chi connectivity index (χ0n) is 10.9. The van der Waals surface area contributed by atoms with E-state index in [1.165, 1.54) is 0 Å². The monoisotopic (exact) mass is 269 g/mol. The Morgan fingerprint density at radius 2 is 1.94 bits per heavy atom. The van der Waals surface area contributed by atoms with Gasteiger partial charge < -0.3 is 20.3 Å². The quantitative estimate of drug-likeness (QED) is 0.772. The molecule has 18 heavy (non-hydrogen) atoms. The predicted molar refractivity (Wildman–Crippen MR) is 75.3 cm³/mol. The van der Waals surface area contributed by atoms with Crippen LogP contribution in [0.4, 0.5) is 0 Å². The highest BCUT2D eigenvalue weighted by Gasteiger charge is 2.12. The molecule has 3 N–H and O–H groups in total. The fraction of sp³-hybridized carbons (Fsp3) is 0.462. The summed E-state index contributed by atoms with van der Waals surface area (Å²) in [7, 11) is 1.57. The van der Waals surface area contributed by atoms with Crippen LogP contribution in [0.5, 0.6) is 11.5 Å². The predicted octanol–water partition coefficient (Wildman–Crippen LogP) is 1.87. The molecule has 0 saturated carbocycles. The van der Waals surface area contributed by atoms with Crippen LogP contribution in [0.3, 0.4) is 0 Å². The maximum Gasteiger partial charge on any atom is 0.123 e. The molecule has 0 atom stereocenters. The summed E-state index contributed by atoms with van der Waals surface area (Å²) in [5.74, 6) is 1.26. The van der Waals surface area contributed by atoms with E-state index in [0.29, 0.717) is 35.1 Å². The van der Waals surface area contributed by atoms with Crippen LogP contribution in [-0.2, 0) is 0 Å². The average molecular weight is 269 g/mol. The first-order valence-corrected chi connectivity index (χ1v) is 6.07. The molecule has 0 aliphatic heterocycles. The van der Waals surface area contributed by atoms with E-state index >= 15 is 0 Å². The highest BCUT2D eigenvalue weighted by atomic mass is 32.1. The summed E-state index contributed by atoms with van der Waals surface area (Å²) in [5, 5.41) is 9.59. The zero-order valence-corrected chi connectivity index (χ0v) is 11.7. The molecule has 0 fully saturated rings. The molecule has 0 heterocycles. The summed E-state index contributed by atoms with van der Waals surface area (Å²) in [6.07, 6.45) is 0.534. The number of aliphatic hydroxyl groups is 1. The lowest BCUT2D eigenvalue weighted by molar-refractivity contribution is 0.0553. The SMILES string of the molecule is COc1cc(OCCC(C)(C)O)cc(C(N)=S)c1. The Morgan fingerprint density at radius 3 is 2.44 bits per heavy atom. The van der Waals surface area contributed by atoms with E-state index < -0.39 is 5.60 Å². The Labute approximate surface area is 113 Å². The molecule has 0 aromatic heterocycles. The van der Waals surface area contributed by atoms with Crippen molar-refractivity contribution in [3.05, 3.63) is 23.8 Å². The van der Waals surface area contributed by atoms with Crippen molar-refractivity contribution in [1.29, 1.82) is 0 Å². The van der Waals surface area contributed by atoms with E-state index in [1.54, 1.807) is 39.2 Å². The molecule has 0 bridgehead atoms. The molecule has 0 spiro atoms. The summed E-state index contributed by atoms with van der Waals surface area (Å²) < 4.78 is 10.7. The lowest BCUT2D eigenvalue weighted by Gasteiger charge is -2.17. The second-order valence-corrected chi connectivity index (χ2v) is 5.11. The highest BCUT2D eigenvalue weighted by molar-refractivity contribution is 7.80. The van der Waals surface area contributed by atoms with Crippen LogP contribution in [0.15, 0.2) is 18.2 Å². The van der Waals surface area contributed by atoms with Crippen LogP contribution >= 0.6 is 12.2 Å². The van der Waals surface area contributed by atoms with Crippen LogP contribution < -0.4 is 15.2 Å². The normalized spacial score (nSPS) is 11.1. The Hall–Kier alpha value is -1.33. The minimum Gasteiger partial charge on any atom is -0.497 e. The van der Waals surface area contributed by atoms with Gasteiger partial charge in [-0.25, -0.2) is 0 Å². The molecule has 1 aromatic rings. The van der Waals surface area contributed by atoms with Crippen LogP contribution in [-0.4, -0.2) is 29.4 Å². The summed E-state index contributed by atoms with van der Waals surface area (Å²) in [4.78, 5) is 0.293. The van der Waals surface area contributed by atoms with Crippen LogP contribution in [0, 0.1) is 0 Å². The Bertz CT molecular complexity index is 427. The van der Waals surface area contributed by atoms with Crippen molar-refractivity contribution in [2.24, 2.45) is 5.73 Å². The number of hydrogen-bond donors (Lipinski definition) is 2. The molecule has 0 aliphatic rings. The number of nitrogens with two attached hydrogens (primary N) is 1. The van der Waals surface area contributed by atoms with Crippen LogP contribution in [0.2, 0.25) is 0 Å². The largest absolute Gasteiger partial charge is 0.497 e. The average Bonchev–Trinajstić information content (AvgIpc) is 2.26. The van der Waals surface area contributed by atoms with Crippen molar-refractivity contribution in [2.45, 2.75) is 25.9 Å². The third-order valence-electron chi connectivity index (χ3n) is 2.38. The topological polar surface area (TPSA) is 64.7 Å². The van der Waals surface area contributed by atoms with Crippen molar-refractivity contribution >= 4 is 17.2 Å². The maximum atomic E-state index is 9.59. The van der Waals surface area contributed by atoms with Crippen molar-refractivity contribution in [3.63, 3.8) is 0 Å². The third kappa shape index (κ3) is 4.89. The maximum absolute atomic E-state index is 9.59. The molecule has 5 heteroatoms. The standard InChI is InChI=1S/C13H19NO3S/c1-13(2,15)4-5-17-11-7-9(12(14)18)6-10(8-11)16-3/h6-8,15H,4-5H2,1-3H3,(H2,14,18). The van der Waals surface area contributed by atoms with Gasteiger partial charge in [0.15, 0.2) is 0 Å². The smallest absolute Gasteiger partial charge is 0.123 e. The molecule has 0 amide bonds. The summed E-state index contributed by atoms with van der Waals surface area (Å²) in [6, 6.07) is 5.27. The van der Waals surface area contributed by atoms with Crippen LogP contribution in [0.1, 0.15) is 25.8 Å². The number of hydrogen-bond acceptors (Lipinski definition) is 4. The zero-order chi connectivity index (χ0) is 13.8. The van der Waals surface area contributed by atoms with E-state index in [2.05, 4.69) is 0 Å². The van der Waals surface area contributed by atoms with Gasteiger partial charge >= 0.3 is 0 Å². The minimum atomic E-state index is -0.745. The number of thiocarbonyl (C=S) groups is 1. The fourth-order valence-corrected chi connectivity index (χ4v) is 1.45. The van der Waals surface area contributed by atoms with Gasteiger partial charge in [-0.3, -0.25) is 0 Å². The molecule has 0 radical (unpaired) electrons. The van der Waals surface area contributed by atoms with Crippen molar-refractivity contribution in [3.8, 4) is 11.5 Å². The van der Waals surface area contributed by atoms with E-state index in [4.69, 9.17) is 27.4 Å². The molecule has 0 aliphatic carbocycles. The van der Waals surface area contributed by atoms with E-state index in [-0.39, 0.29) is 0 Å². The summed E-state index contributed by atoms with van der Waals surface area (Å²) >= 11 is 4.93. The van der Waals surface area contributed by atoms with Gasteiger partial charge in [0.1, 0.15) is 16.5 Å². The van der Waals surface area contributed by atoms with Gasteiger partial charge in [0.05, 0.1) is 19.3 Å². The van der Waals surface area contributed by atoms with Gasteiger partial charge in [0.25, 0.3) is 0 Å². The van der Waals surface area contributed by atoms with Crippen molar-refractivity contribution in [1.82, 2.24) is 0 Å². The van der Waals surface area contributed by atoms with Gasteiger partial charge in [-0.2, -0.15) is 0 Å². The molecule has 0 unspecified atom stereocenters. The second kappa shape index (κ2) is 6.02. The van der Waals surface area contributed by atoms with E-state index in [9.17, 15) is 5.11 Å². The fourth-order valence-electron chi connectivity index (χ4n) is 1.33. The van der Waals surface area contributed by atoms with E-state index in [1.807, 2.05) is 0 Å². The summed E-state index contributed by atoms with van der Waals surface area (Å²) in [5.41, 5.74) is 5.54. The van der Waals surface area contributed by atoms with Crippen LogP contribution in [0.25, 0.3) is 0 Å². The first kappa shape index (κ1) is 14.7. The summed E-state index contributed by atoms with van der Waals surface area (Å²) in [6.45, 7) is 3.89. The molecule has 0 saturated heterocycles. The van der Waals surface area contributed by atoms with E-state index in [0.717, 1.165) is 0 Å². The third-order valence-corrected chi connectivity index (χ3v) is 2.62. The lowest BCUT2D eigenvalue weighted by atomic mass is 10.1. The molecule has 1 aromatic carbocycles. The van der Waals surface area contributed by atoms with Crippen molar-refractivity contribution < 1.29 is 14.6 Å². The lowest BCUT2D eigenvalue weighted by Crippen LogP contribution is -2.21. The minimum absolute atomic E-state index is 0.293. The number of methoxy groups -OCH3 is 1. The Balaban J connectivity index is 2.76. The van der Waals surface area contributed by atoms with Gasteiger partial charge in [0, 0.05) is 18.1 Å². The molecule has 4 nitrogen and oxygen atoms in total. The molecular formula is C13H19NO3S. The molecule has 1 rings (SSSR count).